The molecule has 0 radical (unpaired) electrons. The average Bonchev–Trinajstić information content (AvgIpc) is 2.75. The lowest BCUT2D eigenvalue weighted by molar-refractivity contribution is 0.479. The van der Waals surface area contributed by atoms with Gasteiger partial charge in [0.2, 0.25) is 0 Å². The van der Waals surface area contributed by atoms with Crippen LogP contribution in [0.2, 0.25) is 0 Å². The maximum Gasteiger partial charge on any atom is 0.0464 e. The summed E-state index contributed by atoms with van der Waals surface area (Å²) < 4.78 is 0. The topological polar surface area (TPSA) is 3.24 Å². The average molecular weight is 380 g/mol. The van der Waals surface area contributed by atoms with E-state index in [1.165, 1.54) is 33.8 Å². The highest BCUT2D eigenvalue weighted by molar-refractivity contribution is 5.75. The predicted molar refractivity (Wildman–Crippen MR) is 125 cm³/mol. The van der Waals surface area contributed by atoms with Gasteiger partial charge in [-0.05, 0) is 59.7 Å². The van der Waals surface area contributed by atoms with Crippen LogP contribution in [0, 0.1) is 5.41 Å². The molecule has 0 atom stereocenters. The molecule has 4 rings (SSSR count). The quantitative estimate of drug-likeness (QED) is 0.442. The van der Waals surface area contributed by atoms with Gasteiger partial charge in [-0.15, -0.1) is 0 Å². The van der Waals surface area contributed by atoms with Crippen LogP contribution in [0.25, 0.3) is 11.1 Å². The number of para-hydroxylation sites is 1. The normalized spacial score (nSPS) is 14.2. The highest BCUT2D eigenvalue weighted by Crippen LogP contribution is 2.39. The first-order valence-corrected chi connectivity index (χ1v) is 10.4. The van der Waals surface area contributed by atoms with Crippen molar-refractivity contribution in [1.29, 1.82) is 0 Å². The summed E-state index contributed by atoms with van der Waals surface area (Å²) in [5.74, 6) is 0. The number of benzene rings is 3. The summed E-state index contributed by atoms with van der Waals surface area (Å²) in [5.41, 5.74) is 7.99. The Morgan fingerprint density at radius 3 is 1.86 bits per heavy atom. The highest BCUT2D eigenvalue weighted by atomic mass is 15.1. The monoisotopic (exact) mass is 379 g/mol. The van der Waals surface area contributed by atoms with Gasteiger partial charge in [0.15, 0.2) is 0 Å². The van der Waals surface area contributed by atoms with Crippen LogP contribution < -0.4 is 4.90 Å². The second-order valence-corrected chi connectivity index (χ2v) is 8.69. The van der Waals surface area contributed by atoms with Gasteiger partial charge in [0.25, 0.3) is 0 Å². The van der Waals surface area contributed by atoms with E-state index in [1.807, 2.05) is 0 Å². The molecule has 3 aromatic carbocycles. The Morgan fingerprint density at radius 1 is 0.621 bits per heavy atom. The van der Waals surface area contributed by atoms with E-state index in [0.29, 0.717) is 0 Å². The van der Waals surface area contributed by atoms with Crippen molar-refractivity contribution in [3.05, 3.63) is 108 Å². The SMILES string of the molecule is CC(C)(C)C1=CC=C(N(c2ccccc2)c2cccc(-c3ccccc3)c2)CC1. The molecule has 0 heterocycles. The highest BCUT2D eigenvalue weighted by Gasteiger charge is 2.22. The van der Waals surface area contributed by atoms with Crippen molar-refractivity contribution in [2.45, 2.75) is 33.6 Å². The van der Waals surface area contributed by atoms with Gasteiger partial charge in [-0.2, -0.15) is 0 Å². The Hall–Kier alpha value is -3.06. The zero-order chi connectivity index (χ0) is 20.3. The van der Waals surface area contributed by atoms with Crippen molar-refractivity contribution in [3.8, 4) is 11.1 Å². The van der Waals surface area contributed by atoms with Crippen molar-refractivity contribution in [2.75, 3.05) is 4.90 Å². The molecular weight excluding hydrogens is 350 g/mol. The lowest BCUT2D eigenvalue weighted by atomic mass is 9.81. The van der Waals surface area contributed by atoms with Crippen LogP contribution >= 0.6 is 0 Å². The summed E-state index contributed by atoms with van der Waals surface area (Å²) in [4.78, 5) is 2.41. The molecule has 0 spiro atoms. The first kappa shape index (κ1) is 19.3. The minimum Gasteiger partial charge on any atom is -0.314 e. The smallest absolute Gasteiger partial charge is 0.0464 e. The van der Waals surface area contributed by atoms with E-state index in [0.717, 1.165) is 12.8 Å². The first-order valence-electron chi connectivity index (χ1n) is 10.4. The molecule has 0 saturated heterocycles. The van der Waals surface area contributed by atoms with E-state index in [9.17, 15) is 0 Å². The van der Waals surface area contributed by atoms with Crippen LogP contribution in [0.3, 0.4) is 0 Å². The summed E-state index contributed by atoms with van der Waals surface area (Å²) in [6.45, 7) is 6.90. The van der Waals surface area contributed by atoms with Gasteiger partial charge in [-0.1, -0.05) is 93.1 Å². The van der Waals surface area contributed by atoms with Crippen LogP contribution in [-0.2, 0) is 0 Å². The van der Waals surface area contributed by atoms with Crippen molar-refractivity contribution >= 4 is 11.4 Å². The molecule has 0 aromatic heterocycles. The van der Waals surface area contributed by atoms with E-state index >= 15 is 0 Å². The number of nitrogens with zero attached hydrogens (tertiary/aromatic N) is 1. The van der Waals surface area contributed by atoms with E-state index in [2.05, 4.69) is 123 Å². The number of allylic oxidation sites excluding steroid dienone is 4. The van der Waals surface area contributed by atoms with Gasteiger partial charge >= 0.3 is 0 Å². The fourth-order valence-corrected chi connectivity index (χ4v) is 3.95. The Morgan fingerprint density at radius 2 is 1.24 bits per heavy atom. The molecular formula is C28H29N. The Balaban J connectivity index is 1.78. The third kappa shape index (κ3) is 4.35. The van der Waals surface area contributed by atoms with Gasteiger partial charge < -0.3 is 4.90 Å². The summed E-state index contributed by atoms with van der Waals surface area (Å²) >= 11 is 0. The lowest BCUT2D eigenvalue weighted by Gasteiger charge is -2.32. The molecule has 1 aliphatic rings. The number of anilines is 2. The van der Waals surface area contributed by atoms with Crippen molar-refractivity contribution < 1.29 is 0 Å². The first-order chi connectivity index (χ1) is 14.0. The van der Waals surface area contributed by atoms with Crippen LogP contribution in [0.5, 0.6) is 0 Å². The molecule has 29 heavy (non-hydrogen) atoms. The molecule has 1 heteroatoms. The van der Waals surface area contributed by atoms with Gasteiger partial charge in [0.1, 0.15) is 0 Å². The fraction of sp³-hybridized carbons (Fsp3) is 0.214. The molecule has 3 aromatic rings. The van der Waals surface area contributed by atoms with E-state index in [4.69, 9.17) is 0 Å². The van der Waals surface area contributed by atoms with Crippen LogP contribution in [0.1, 0.15) is 33.6 Å². The third-order valence-electron chi connectivity index (χ3n) is 5.60. The standard InChI is InChI=1S/C28H29N/c1-28(2,3)24-17-19-26(20-18-24)29(25-14-8-5-9-15-25)27-16-10-13-23(21-27)22-11-6-4-7-12-22/h4-17,19,21H,18,20H2,1-3H3. The molecule has 0 N–H and O–H groups in total. The van der Waals surface area contributed by atoms with Gasteiger partial charge in [0.05, 0.1) is 0 Å². The molecule has 1 aliphatic carbocycles. The minimum absolute atomic E-state index is 0.229. The summed E-state index contributed by atoms with van der Waals surface area (Å²) in [7, 11) is 0. The van der Waals surface area contributed by atoms with E-state index in [1.54, 1.807) is 0 Å². The van der Waals surface area contributed by atoms with Crippen molar-refractivity contribution in [2.24, 2.45) is 5.41 Å². The Labute approximate surface area is 175 Å². The van der Waals surface area contributed by atoms with Crippen LogP contribution in [0.15, 0.2) is 108 Å². The molecule has 0 unspecified atom stereocenters. The molecule has 146 valence electrons. The Bertz CT molecular complexity index is 1020. The second kappa shape index (κ2) is 8.13. The van der Waals surface area contributed by atoms with Gasteiger partial charge in [-0.3, -0.25) is 0 Å². The Kier molecular flexibility index (Phi) is 5.40. The molecule has 0 amide bonds. The minimum atomic E-state index is 0.229. The largest absolute Gasteiger partial charge is 0.314 e. The molecule has 0 saturated carbocycles. The maximum atomic E-state index is 2.41. The number of rotatable bonds is 4. The summed E-state index contributed by atoms with van der Waals surface area (Å²) in [6, 6.07) is 30.2. The zero-order valence-electron chi connectivity index (χ0n) is 17.6. The number of hydrogen-bond donors (Lipinski definition) is 0. The zero-order valence-corrected chi connectivity index (χ0v) is 17.6. The fourth-order valence-electron chi connectivity index (χ4n) is 3.95. The van der Waals surface area contributed by atoms with Crippen molar-refractivity contribution in [1.82, 2.24) is 0 Å². The molecule has 1 nitrogen and oxygen atoms in total. The second-order valence-electron chi connectivity index (χ2n) is 8.69. The molecule has 0 fully saturated rings. The van der Waals surface area contributed by atoms with E-state index in [-0.39, 0.29) is 5.41 Å². The van der Waals surface area contributed by atoms with Gasteiger partial charge in [0, 0.05) is 17.1 Å². The summed E-state index contributed by atoms with van der Waals surface area (Å²) in [5, 5.41) is 0. The van der Waals surface area contributed by atoms with Crippen molar-refractivity contribution in [3.63, 3.8) is 0 Å². The lowest BCUT2D eigenvalue weighted by Crippen LogP contribution is -2.20. The number of hydrogen-bond acceptors (Lipinski definition) is 1. The molecule has 0 aliphatic heterocycles. The third-order valence-corrected chi connectivity index (χ3v) is 5.60. The van der Waals surface area contributed by atoms with E-state index < -0.39 is 0 Å². The predicted octanol–water partition coefficient (Wildman–Crippen LogP) is 8.14. The molecule has 0 bridgehead atoms. The summed E-state index contributed by atoms with van der Waals surface area (Å²) in [6.07, 6.45) is 6.80. The van der Waals surface area contributed by atoms with Crippen LogP contribution in [0.4, 0.5) is 11.4 Å². The van der Waals surface area contributed by atoms with Crippen LogP contribution in [-0.4, -0.2) is 0 Å². The van der Waals surface area contributed by atoms with Gasteiger partial charge in [-0.25, -0.2) is 0 Å². The maximum absolute atomic E-state index is 2.41.